The number of nitrogens with zero attached hydrogens (tertiary/aromatic N) is 1. The zero-order valence-electron chi connectivity index (χ0n) is 24.1. The number of hydrogen-bond acceptors (Lipinski definition) is 5. The molecule has 0 fully saturated rings. The number of anilines is 1. The number of rotatable bonds is 12. The average molecular weight is 616 g/mol. The number of aliphatic hydroxyl groups is 2. The molecule has 0 aliphatic heterocycles. The van der Waals surface area contributed by atoms with Crippen LogP contribution in [0.5, 0.6) is 0 Å². The van der Waals surface area contributed by atoms with E-state index in [4.69, 9.17) is 0 Å². The molecule has 3 aromatic carbocycles. The number of aromatic nitrogens is 1. The van der Waals surface area contributed by atoms with Crippen molar-refractivity contribution in [1.82, 2.24) is 4.57 Å². The van der Waals surface area contributed by atoms with Gasteiger partial charge in [0.2, 0.25) is 0 Å². The summed E-state index contributed by atoms with van der Waals surface area (Å²) in [6.45, 7) is 4.04. The third-order valence-corrected chi connectivity index (χ3v) is 6.99. The van der Waals surface area contributed by atoms with Gasteiger partial charge in [-0.25, -0.2) is 8.78 Å². The molecule has 1 heterocycles. The predicted octanol–water partition coefficient (Wildman–Crippen LogP) is 4.74. The second-order valence-electron chi connectivity index (χ2n) is 10.5. The van der Waals surface area contributed by atoms with E-state index < -0.39 is 42.1 Å². The fourth-order valence-electron chi connectivity index (χ4n) is 5.21. The third-order valence-electron chi connectivity index (χ3n) is 6.99. The third kappa shape index (κ3) is 8.74. The number of carboxylic acid groups (broad SMARTS) is 1. The summed E-state index contributed by atoms with van der Waals surface area (Å²) in [7, 11) is 0. The minimum Gasteiger partial charge on any atom is -0.550 e. The molecule has 0 radical (unpaired) electrons. The van der Waals surface area contributed by atoms with Crippen molar-refractivity contribution in [3.05, 3.63) is 102 Å². The number of carboxylic acids is 1. The van der Waals surface area contributed by atoms with Crippen LogP contribution in [-0.4, -0.2) is 76.6 Å². The zero-order chi connectivity index (χ0) is 30.4. The molecule has 0 saturated heterocycles. The first-order valence-corrected chi connectivity index (χ1v) is 13.8. The number of nitrogens with one attached hydrogen (secondary N) is 1. The van der Waals surface area contributed by atoms with Crippen LogP contribution in [0.25, 0.3) is 22.4 Å². The van der Waals surface area contributed by atoms with E-state index in [0.29, 0.717) is 39.3 Å². The van der Waals surface area contributed by atoms with Crippen molar-refractivity contribution in [2.45, 2.75) is 57.8 Å². The van der Waals surface area contributed by atoms with Gasteiger partial charge >= 0.3 is 37.7 Å². The topological polar surface area (TPSA) is 115 Å². The average Bonchev–Trinajstić information content (AvgIpc) is 3.28. The molecule has 0 bridgehead atoms. The first-order valence-electron chi connectivity index (χ1n) is 13.8. The standard InChI is InChI=1S/C33H34F2N2O5.Ca/c1-20(2)31-30(33(42)36-25-6-4-3-5-7-25)29(21-8-12-23(34)13-9-21)32(22-10-14-24(35)15-11-22)37(31)17-16-26(38)18-27(39)19-28(40)41;/h3-15,20,26-27,38-39H,16-19H2,1-2H3,(H,36,42)(H,40,41);/q;+2/p-1. The van der Waals surface area contributed by atoms with E-state index in [-0.39, 0.29) is 63.0 Å². The molecule has 0 aliphatic carbocycles. The summed E-state index contributed by atoms with van der Waals surface area (Å²) < 4.78 is 29.9. The molecule has 0 saturated carbocycles. The van der Waals surface area contributed by atoms with Crippen LogP contribution in [0.15, 0.2) is 78.9 Å². The second kappa shape index (κ2) is 15.6. The molecule has 0 spiro atoms. The van der Waals surface area contributed by atoms with Crippen LogP contribution < -0.4 is 10.4 Å². The first kappa shape index (κ1) is 34.4. The van der Waals surface area contributed by atoms with Crippen LogP contribution in [-0.2, 0) is 11.3 Å². The van der Waals surface area contributed by atoms with Crippen molar-refractivity contribution in [3.8, 4) is 22.4 Å². The van der Waals surface area contributed by atoms with Gasteiger partial charge in [0, 0.05) is 35.9 Å². The van der Waals surface area contributed by atoms with Crippen molar-refractivity contribution >= 4 is 55.3 Å². The van der Waals surface area contributed by atoms with Crippen molar-refractivity contribution in [2.75, 3.05) is 5.32 Å². The van der Waals surface area contributed by atoms with Crippen molar-refractivity contribution in [2.24, 2.45) is 0 Å². The molecule has 3 N–H and O–H groups in total. The number of benzene rings is 3. The van der Waals surface area contributed by atoms with Gasteiger partial charge in [-0.1, -0.05) is 44.2 Å². The monoisotopic (exact) mass is 615 g/mol. The molecule has 1 aromatic heterocycles. The van der Waals surface area contributed by atoms with E-state index in [9.17, 15) is 33.7 Å². The summed E-state index contributed by atoms with van der Waals surface area (Å²) in [5, 5.41) is 34.5. The van der Waals surface area contributed by atoms with Crippen molar-refractivity contribution in [3.63, 3.8) is 0 Å². The van der Waals surface area contributed by atoms with E-state index in [0.717, 1.165) is 0 Å². The van der Waals surface area contributed by atoms with Crippen LogP contribution >= 0.6 is 0 Å². The number of halogens is 2. The van der Waals surface area contributed by atoms with Gasteiger partial charge in [-0.2, -0.15) is 0 Å². The Balaban J connectivity index is 0.00000506. The number of hydrogen-bond donors (Lipinski definition) is 3. The largest absolute Gasteiger partial charge is 2.00 e. The van der Waals surface area contributed by atoms with E-state index in [1.54, 1.807) is 48.5 Å². The number of amides is 1. The molecular weight excluding hydrogens is 582 g/mol. The van der Waals surface area contributed by atoms with Gasteiger partial charge in [0.05, 0.1) is 23.5 Å². The maximum Gasteiger partial charge on any atom is 2.00 e. The van der Waals surface area contributed by atoms with Crippen LogP contribution in [0.1, 0.15) is 55.1 Å². The molecule has 2 unspecified atom stereocenters. The molecule has 1 amide bonds. The minimum absolute atomic E-state index is 0. The fraction of sp³-hybridized carbons (Fsp3) is 0.273. The summed E-state index contributed by atoms with van der Waals surface area (Å²) >= 11 is 0. The Bertz CT molecular complexity index is 1520. The van der Waals surface area contributed by atoms with Gasteiger partial charge in [-0.15, -0.1) is 0 Å². The fourth-order valence-corrected chi connectivity index (χ4v) is 5.21. The van der Waals surface area contributed by atoms with E-state index in [2.05, 4.69) is 5.32 Å². The number of carbonyl (C=O) groups excluding carboxylic acids is 2. The van der Waals surface area contributed by atoms with E-state index >= 15 is 0 Å². The van der Waals surface area contributed by atoms with Gasteiger partial charge in [0.15, 0.2) is 0 Å². The quantitative estimate of drug-likeness (QED) is 0.199. The number of para-hydroxylation sites is 1. The van der Waals surface area contributed by atoms with Gasteiger partial charge in [-0.3, -0.25) is 4.79 Å². The molecule has 2 atom stereocenters. The van der Waals surface area contributed by atoms with Crippen molar-refractivity contribution in [1.29, 1.82) is 0 Å². The summed E-state index contributed by atoms with van der Waals surface area (Å²) in [6.07, 6.45) is -2.99. The van der Waals surface area contributed by atoms with Crippen LogP contribution in [0.4, 0.5) is 14.5 Å². The number of carbonyl (C=O) groups is 2. The van der Waals surface area contributed by atoms with E-state index in [1.807, 2.05) is 24.5 Å². The number of aliphatic hydroxyl groups excluding tert-OH is 2. The van der Waals surface area contributed by atoms with E-state index in [1.165, 1.54) is 24.3 Å². The van der Waals surface area contributed by atoms with Crippen LogP contribution in [0, 0.1) is 11.6 Å². The Kier molecular flexibility index (Phi) is 12.5. The van der Waals surface area contributed by atoms with Gasteiger partial charge in [0.1, 0.15) is 11.6 Å². The molecular formula is C33H33CaF2N2O5+. The molecule has 43 heavy (non-hydrogen) atoms. The molecule has 4 aromatic rings. The maximum absolute atomic E-state index is 14.0. The molecule has 10 heteroatoms. The van der Waals surface area contributed by atoms with Gasteiger partial charge in [0.25, 0.3) is 5.91 Å². The summed E-state index contributed by atoms with van der Waals surface area (Å²) in [4.78, 5) is 24.9. The number of aliphatic carboxylic acids is 1. The Morgan fingerprint density at radius 2 is 1.42 bits per heavy atom. The summed E-state index contributed by atoms with van der Waals surface area (Å²) in [5.74, 6) is -2.89. The van der Waals surface area contributed by atoms with Gasteiger partial charge < -0.3 is 30.0 Å². The summed E-state index contributed by atoms with van der Waals surface area (Å²) in [5.41, 5.74) is 3.84. The Morgan fingerprint density at radius 3 is 1.95 bits per heavy atom. The van der Waals surface area contributed by atoms with Crippen LogP contribution in [0.2, 0.25) is 0 Å². The molecule has 0 aliphatic rings. The normalized spacial score (nSPS) is 12.4. The summed E-state index contributed by atoms with van der Waals surface area (Å²) in [6, 6.07) is 20.5. The minimum atomic E-state index is -1.42. The Morgan fingerprint density at radius 1 is 0.860 bits per heavy atom. The predicted molar refractivity (Wildman–Crippen MR) is 160 cm³/mol. The first-order chi connectivity index (χ1) is 20.0. The van der Waals surface area contributed by atoms with Gasteiger partial charge in [-0.05, 0) is 78.4 Å². The molecule has 7 nitrogen and oxygen atoms in total. The SMILES string of the molecule is CC(C)c1c(C(=O)Nc2ccccc2)c(-c2ccc(F)cc2)c(-c2ccc(F)cc2)n1CCC(O)CC(O)CC(=O)[O-].[Ca+2]. The Hall–Kier alpha value is -3.08. The smallest absolute Gasteiger partial charge is 0.550 e. The van der Waals surface area contributed by atoms with Crippen LogP contribution in [0.3, 0.4) is 0 Å². The second-order valence-corrected chi connectivity index (χ2v) is 10.5. The molecule has 4 rings (SSSR count). The molecule has 220 valence electrons. The zero-order valence-corrected chi connectivity index (χ0v) is 26.3. The Labute approximate surface area is 279 Å². The van der Waals surface area contributed by atoms with Crippen molar-refractivity contribution < 1.29 is 33.7 Å². The maximum atomic E-state index is 14.0.